The second kappa shape index (κ2) is 13.1. The van der Waals surface area contributed by atoms with Gasteiger partial charge in [-0.25, -0.2) is 14.8 Å². The first-order chi connectivity index (χ1) is 21.8. The second-order valence-electron chi connectivity index (χ2n) is 11.6. The summed E-state index contributed by atoms with van der Waals surface area (Å²) in [5.74, 6) is -0.532. The average Bonchev–Trinajstić information content (AvgIpc) is 3.62. The lowest BCUT2D eigenvalue weighted by Crippen LogP contribution is -2.44. The number of ether oxygens (including phenoxy) is 1. The second-order valence-corrected chi connectivity index (χ2v) is 15.6. The van der Waals surface area contributed by atoms with E-state index in [2.05, 4.69) is 4.98 Å². The molecule has 5 heterocycles. The summed E-state index contributed by atoms with van der Waals surface area (Å²) in [5.41, 5.74) is 2.03. The van der Waals surface area contributed by atoms with Crippen LogP contribution in [-0.4, -0.2) is 84.0 Å². The summed E-state index contributed by atoms with van der Waals surface area (Å²) in [5, 5.41) is 28.2. The van der Waals surface area contributed by atoms with Gasteiger partial charge in [0.15, 0.2) is 5.60 Å². The van der Waals surface area contributed by atoms with Crippen LogP contribution in [0.1, 0.15) is 35.6 Å². The molecule has 3 aromatic heterocycles. The van der Waals surface area contributed by atoms with Gasteiger partial charge in [0.05, 0.1) is 41.9 Å². The Hall–Kier alpha value is -3.47. The number of hydrogen-bond acceptors (Lipinski definition) is 11. The van der Waals surface area contributed by atoms with Gasteiger partial charge in [0.25, 0.3) is 10.6 Å². The van der Waals surface area contributed by atoms with Crippen molar-refractivity contribution in [2.45, 2.75) is 50.3 Å². The number of pyridine rings is 2. The Morgan fingerprint density at radius 1 is 1.10 bits per heavy atom. The number of esters is 1. The first-order valence-corrected chi connectivity index (χ1v) is 17.3. The van der Waals surface area contributed by atoms with Crippen LogP contribution in [0.4, 0.5) is 0 Å². The Labute approximate surface area is 278 Å². The van der Waals surface area contributed by atoms with Crippen molar-refractivity contribution in [3.63, 3.8) is 0 Å². The van der Waals surface area contributed by atoms with E-state index < -0.39 is 38.4 Å². The molecule has 0 fully saturated rings. The van der Waals surface area contributed by atoms with Crippen molar-refractivity contribution in [2.24, 2.45) is 0 Å². The van der Waals surface area contributed by atoms with Crippen molar-refractivity contribution in [3.05, 3.63) is 75.6 Å². The van der Waals surface area contributed by atoms with E-state index in [0.29, 0.717) is 41.1 Å². The van der Waals surface area contributed by atoms with Gasteiger partial charge >= 0.3 is 21.2 Å². The molecule has 0 amide bonds. The van der Waals surface area contributed by atoms with Gasteiger partial charge in [-0.15, -0.1) is 12.4 Å². The molecule has 0 bridgehead atoms. The first kappa shape index (κ1) is 37.4. The zero-order valence-electron chi connectivity index (χ0n) is 25.8. The van der Waals surface area contributed by atoms with Crippen molar-refractivity contribution in [3.8, 4) is 17.1 Å². The molecule has 0 saturated heterocycles. The number of hydrogen-bond donors (Lipinski definition) is 7. The Bertz CT molecular complexity index is 2020. The Kier molecular flexibility index (Phi) is 10.2. The maximum absolute atomic E-state index is 13.2. The molecule has 4 aromatic rings. The van der Waals surface area contributed by atoms with E-state index in [0.717, 1.165) is 27.4 Å². The largest absolute Gasteiger partial charge is 0.508 e. The molecular weight excluding hydrogens is 696 g/mol. The highest BCUT2D eigenvalue weighted by atomic mass is 35.5. The highest BCUT2D eigenvalue weighted by Gasteiger charge is 2.59. The number of carbonyl (C=O) groups is 1. The van der Waals surface area contributed by atoms with E-state index in [1.807, 2.05) is 25.1 Å². The molecule has 0 saturated carbocycles. The molecule has 0 unspecified atom stereocenters. The Morgan fingerprint density at radius 2 is 1.77 bits per heavy atom. The van der Waals surface area contributed by atoms with Crippen molar-refractivity contribution < 1.29 is 53.6 Å². The number of cyclic esters (lactones) is 1. The van der Waals surface area contributed by atoms with Gasteiger partial charge < -0.3 is 53.7 Å². The SMILES string of the molecule is CC[C@@]1(O)C(=O)OCc2c1cc1n(c2=O)Cc2cc3c(CN(C)C)c(O)ccc3nc2-1.Cl.O=P(O)(O)C(O)(Cn1ccnc1)P(=O)(O)O. The van der Waals surface area contributed by atoms with Gasteiger partial charge in [0, 0.05) is 41.0 Å². The number of phenolic OH excluding ortho intramolecular Hbond substituents is 1. The van der Waals surface area contributed by atoms with Gasteiger partial charge in [-0.05, 0) is 44.8 Å². The van der Waals surface area contributed by atoms with E-state index in [1.165, 1.54) is 12.4 Å². The third-order valence-electron chi connectivity index (χ3n) is 8.14. The lowest BCUT2D eigenvalue weighted by Gasteiger charge is -2.31. The number of aromatic hydroxyl groups is 1. The number of phenols is 1. The van der Waals surface area contributed by atoms with E-state index in [9.17, 15) is 34.0 Å². The lowest BCUT2D eigenvalue weighted by atomic mass is 9.86. The topological polar surface area (TPSA) is 258 Å². The number of rotatable bonds is 7. The van der Waals surface area contributed by atoms with Gasteiger partial charge in [0.1, 0.15) is 12.4 Å². The minimum absolute atomic E-state index is 0. The monoisotopic (exact) mass is 729 g/mol. The molecule has 1 atom stereocenters. The van der Waals surface area contributed by atoms with Crippen LogP contribution in [0.2, 0.25) is 0 Å². The number of halogens is 1. The van der Waals surface area contributed by atoms with Crippen LogP contribution in [0, 0.1) is 0 Å². The molecule has 0 radical (unpaired) electrons. The fourth-order valence-electron chi connectivity index (χ4n) is 5.56. The normalized spacial score (nSPS) is 17.2. The molecule has 6 rings (SSSR count). The summed E-state index contributed by atoms with van der Waals surface area (Å²) in [6.45, 7) is 1.45. The summed E-state index contributed by atoms with van der Waals surface area (Å²) < 4.78 is 29.6. The van der Waals surface area contributed by atoms with Crippen LogP contribution in [-0.2, 0) is 50.5 Å². The zero-order valence-corrected chi connectivity index (χ0v) is 28.4. The van der Waals surface area contributed by atoms with Crippen LogP contribution >= 0.6 is 27.6 Å². The van der Waals surface area contributed by atoms with E-state index in [4.69, 9.17) is 29.3 Å². The minimum Gasteiger partial charge on any atom is -0.508 e. The summed E-state index contributed by atoms with van der Waals surface area (Å²) in [6, 6.07) is 7.05. The predicted molar refractivity (Wildman–Crippen MR) is 172 cm³/mol. The molecule has 1 aromatic carbocycles. The maximum Gasteiger partial charge on any atom is 0.371 e. The van der Waals surface area contributed by atoms with Crippen molar-refractivity contribution in [1.29, 1.82) is 0 Å². The Balaban J connectivity index is 0.000000261. The number of nitrogens with zero attached hydrogens (tertiary/aromatic N) is 5. The number of aliphatic hydroxyl groups is 2. The fourth-order valence-corrected chi connectivity index (χ4v) is 7.61. The number of benzene rings is 1. The molecule has 17 nitrogen and oxygen atoms in total. The fraction of sp³-hybridized carbons (Fsp3) is 0.357. The molecule has 260 valence electrons. The van der Waals surface area contributed by atoms with Crippen LogP contribution in [0.25, 0.3) is 22.3 Å². The van der Waals surface area contributed by atoms with Gasteiger partial charge in [-0.1, -0.05) is 6.92 Å². The summed E-state index contributed by atoms with van der Waals surface area (Å²) in [6.07, 6.45) is 3.61. The molecule has 20 heteroatoms. The molecular formula is C28H34ClN5O12P2. The highest BCUT2D eigenvalue weighted by molar-refractivity contribution is 7.72. The standard InChI is InChI=1S/C23H23N3O5.C5H10N2O7P2.ClH/c1-4-23(30)16-8-18-20-12(9-26(18)21(28)15(16)11-31-22(23)29)7-13-14(10-25(2)3)19(27)6-5-17(13)24-20;8-5(15(9,10)11,16(12,13)14)3-7-2-1-6-4-7;/h5-8,27,30H,4,9-11H2,1-3H3;1-2,4,8H,3H2,(H2,9,10,11)(H2,12,13,14);1H/t23-;;/m0../s1. The van der Waals surface area contributed by atoms with Gasteiger partial charge in [-0.3, -0.25) is 13.9 Å². The number of fused-ring (bicyclic) bond motifs is 5. The minimum atomic E-state index is -5.41. The Morgan fingerprint density at radius 3 is 2.33 bits per heavy atom. The van der Waals surface area contributed by atoms with Gasteiger partial charge in [0.2, 0.25) is 0 Å². The smallest absolute Gasteiger partial charge is 0.371 e. The molecule has 0 aliphatic carbocycles. The lowest BCUT2D eigenvalue weighted by molar-refractivity contribution is -0.172. The number of aromatic nitrogens is 4. The molecule has 7 N–H and O–H groups in total. The highest BCUT2D eigenvalue weighted by Crippen LogP contribution is 2.68. The maximum atomic E-state index is 13.2. The van der Waals surface area contributed by atoms with Gasteiger partial charge in [-0.2, -0.15) is 0 Å². The van der Waals surface area contributed by atoms with E-state index in [1.54, 1.807) is 29.7 Å². The first-order valence-electron chi connectivity index (χ1n) is 14.1. The molecule has 2 aliphatic heterocycles. The van der Waals surface area contributed by atoms with Crippen LogP contribution < -0.4 is 5.56 Å². The summed E-state index contributed by atoms with van der Waals surface area (Å²) in [7, 11) is -6.96. The molecule has 0 spiro atoms. The van der Waals surface area contributed by atoms with Crippen molar-refractivity contribution in [1.82, 2.24) is 24.0 Å². The predicted octanol–water partition coefficient (Wildman–Crippen LogP) is 1.15. The molecule has 2 aliphatic rings. The number of carbonyl (C=O) groups excluding carboxylic acids is 1. The van der Waals surface area contributed by atoms with Crippen LogP contribution in [0.3, 0.4) is 0 Å². The quantitative estimate of drug-likeness (QED) is 0.0916. The zero-order chi connectivity index (χ0) is 34.7. The van der Waals surface area contributed by atoms with Crippen LogP contribution in [0.15, 0.2) is 47.8 Å². The van der Waals surface area contributed by atoms with Crippen molar-refractivity contribution in [2.75, 3.05) is 14.1 Å². The van der Waals surface area contributed by atoms with E-state index in [-0.39, 0.29) is 36.7 Å². The van der Waals surface area contributed by atoms with Crippen LogP contribution in [0.5, 0.6) is 5.75 Å². The third-order valence-corrected chi connectivity index (χ3v) is 11.9. The third kappa shape index (κ3) is 6.34. The van der Waals surface area contributed by atoms with E-state index >= 15 is 0 Å². The summed E-state index contributed by atoms with van der Waals surface area (Å²) in [4.78, 5) is 71.0. The average molecular weight is 730 g/mol. The summed E-state index contributed by atoms with van der Waals surface area (Å²) >= 11 is 0. The number of imidazole rings is 1. The molecule has 48 heavy (non-hydrogen) atoms. The van der Waals surface area contributed by atoms with Crippen molar-refractivity contribution >= 4 is 44.5 Å².